The summed E-state index contributed by atoms with van der Waals surface area (Å²) in [6.45, 7) is 1.71. The zero-order chi connectivity index (χ0) is 8.55. The van der Waals surface area contributed by atoms with Gasteiger partial charge in [-0.15, -0.1) is 0 Å². The van der Waals surface area contributed by atoms with E-state index in [1.807, 2.05) is 0 Å². The van der Waals surface area contributed by atoms with Crippen LogP contribution in [0.2, 0.25) is 5.82 Å². The maximum atomic E-state index is 8.92. The van der Waals surface area contributed by atoms with Crippen molar-refractivity contribution in [3.8, 4) is 0 Å². The molecule has 2 fully saturated rings. The summed E-state index contributed by atoms with van der Waals surface area (Å²) in [7, 11) is -1.09. The molecule has 2 N–H and O–H groups in total. The van der Waals surface area contributed by atoms with E-state index in [4.69, 9.17) is 14.8 Å². The van der Waals surface area contributed by atoms with Crippen molar-refractivity contribution in [2.24, 2.45) is 11.8 Å². The van der Waals surface area contributed by atoms with Gasteiger partial charge in [-0.1, -0.05) is 0 Å². The van der Waals surface area contributed by atoms with Crippen molar-refractivity contribution >= 4 is 7.12 Å². The molecule has 2 atom stereocenters. The first-order valence-electron chi connectivity index (χ1n) is 4.73. The smallest absolute Gasteiger partial charge is 0.427 e. The Kier molecular flexibility index (Phi) is 2.39. The lowest BCUT2D eigenvalue weighted by Gasteiger charge is -2.22. The molecule has 0 bridgehead atoms. The fourth-order valence-electron chi connectivity index (χ4n) is 2.26. The molecule has 68 valence electrons. The van der Waals surface area contributed by atoms with Crippen molar-refractivity contribution in [2.45, 2.75) is 25.1 Å². The van der Waals surface area contributed by atoms with E-state index in [0.29, 0.717) is 11.8 Å². The minimum absolute atomic E-state index is 0.160. The van der Waals surface area contributed by atoms with Crippen LogP contribution in [0.1, 0.15) is 19.3 Å². The topological polar surface area (TPSA) is 49.7 Å². The third-order valence-electron chi connectivity index (χ3n) is 3.15. The molecule has 3 nitrogen and oxygen atoms in total. The first-order chi connectivity index (χ1) is 5.79. The molecule has 0 amide bonds. The van der Waals surface area contributed by atoms with Gasteiger partial charge in [0.25, 0.3) is 0 Å². The highest BCUT2D eigenvalue weighted by molar-refractivity contribution is 6.44. The Morgan fingerprint density at radius 3 is 2.33 bits per heavy atom. The summed E-state index contributed by atoms with van der Waals surface area (Å²) in [5.74, 6) is 1.41. The lowest BCUT2D eigenvalue weighted by atomic mass is 9.78. The Morgan fingerprint density at radius 1 is 1.17 bits per heavy atom. The molecular weight excluding hydrogens is 155 g/mol. The van der Waals surface area contributed by atoms with Crippen molar-refractivity contribution in [2.75, 3.05) is 13.2 Å². The first-order valence-corrected chi connectivity index (χ1v) is 4.73. The highest BCUT2D eigenvalue weighted by atomic mass is 16.5. The van der Waals surface area contributed by atoms with Gasteiger partial charge in [0.05, 0.1) is 0 Å². The van der Waals surface area contributed by atoms with E-state index in [0.717, 1.165) is 32.5 Å². The second-order valence-electron chi connectivity index (χ2n) is 3.93. The highest BCUT2D eigenvalue weighted by Gasteiger charge is 2.49. The zero-order valence-corrected chi connectivity index (χ0v) is 7.15. The number of rotatable bonds is 2. The van der Waals surface area contributed by atoms with Crippen molar-refractivity contribution in [1.29, 1.82) is 0 Å². The molecule has 1 saturated carbocycles. The van der Waals surface area contributed by atoms with Crippen molar-refractivity contribution < 1.29 is 14.8 Å². The average molecular weight is 170 g/mol. The van der Waals surface area contributed by atoms with Gasteiger partial charge in [-0.25, -0.2) is 0 Å². The Balaban J connectivity index is 1.79. The molecule has 0 aromatic rings. The summed E-state index contributed by atoms with van der Waals surface area (Å²) in [4.78, 5) is 0. The summed E-state index contributed by atoms with van der Waals surface area (Å²) < 4.78 is 5.25. The first kappa shape index (κ1) is 8.54. The van der Waals surface area contributed by atoms with Crippen LogP contribution in [-0.2, 0) is 4.74 Å². The summed E-state index contributed by atoms with van der Waals surface area (Å²) in [5.41, 5.74) is 0. The van der Waals surface area contributed by atoms with Gasteiger partial charge in [-0.2, -0.15) is 0 Å². The molecule has 0 radical (unpaired) electrons. The van der Waals surface area contributed by atoms with Crippen LogP contribution < -0.4 is 0 Å². The van der Waals surface area contributed by atoms with E-state index < -0.39 is 7.12 Å². The molecule has 0 aromatic carbocycles. The monoisotopic (exact) mass is 170 g/mol. The van der Waals surface area contributed by atoms with Crippen molar-refractivity contribution in [3.05, 3.63) is 0 Å². The second-order valence-corrected chi connectivity index (χ2v) is 3.93. The van der Waals surface area contributed by atoms with E-state index in [1.54, 1.807) is 0 Å². The fraction of sp³-hybridized carbons (Fsp3) is 1.00. The minimum Gasteiger partial charge on any atom is -0.427 e. The second kappa shape index (κ2) is 3.36. The summed E-state index contributed by atoms with van der Waals surface area (Å²) in [5, 5.41) is 17.8. The fourth-order valence-corrected chi connectivity index (χ4v) is 2.26. The molecule has 1 saturated heterocycles. The van der Waals surface area contributed by atoms with Crippen LogP contribution in [0.5, 0.6) is 0 Å². The van der Waals surface area contributed by atoms with Gasteiger partial charge < -0.3 is 14.8 Å². The van der Waals surface area contributed by atoms with Gasteiger partial charge in [0.2, 0.25) is 0 Å². The van der Waals surface area contributed by atoms with Gasteiger partial charge in [-0.05, 0) is 36.9 Å². The van der Waals surface area contributed by atoms with Crippen molar-refractivity contribution in [3.63, 3.8) is 0 Å². The summed E-state index contributed by atoms with van der Waals surface area (Å²) in [6.07, 6.45) is 3.21. The summed E-state index contributed by atoms with van der Waals surface area (Å²) in [6, 6.07) is 0. The highest BCUT2D eigenvalue weighted by Crippen LogP contribution is 2.53. The Hall–Kier alpha value is -0.0551. The standard InChI is InChI=1S/C8H15BO3/c10-9(11)8-5-7(8)6-1-3-12-4-2-6/h6-8,10-11H,1-5H2. The van der Waals surface area contributed by atoms with Crippen LogP contribution in [0, 0.1) is 11.8 Å². The Morgan fingerprint density at radius 2 is 1.83 bits per heavy atom. The van der Waals surface area contributed by atoms with Crippen molar-refractivity contribution in [1.82, 2.24) is 0 Å². The van der Waals surface area contributed by atoms with E-state index in [1.165, 1.54) is 0 Å². The molecule has 0 aromatic heterocycles. The number of hydrogen-bond donors (Lipinski definition) is 2. The van der Waals surface area contributed by atoms with Crippen LogP contribution in [0.3, 0.4) is 0 Å². The molecule has 4 heteroatoms. The predicted octanol–water partition coefficient (Wildman–Crippen LogP) is 0.276. The normalized spacial score (nSPS) is 36.5. The number of hydrogen-bond acceptors (Lipinski definition) is 3. The Labute approximate surface area is 72.9 Å². The van der Waals surface area contributed by atoms with Gasteiger partial charge in [-0.3, -0.25) is 0 Å². The summed E-state index contributed by atoms with van der Waals surface area (Å²) >= 11 is 0. The van der Waals surface area contributed by atoms with E-state index in [2.05, 4.69) is 0 Å². The van der Waals surface area contributed by atoms with Crippen LogP contribution >= 0.6 is 0 Å². The quantitative estimate of drug-likeness (QED) is 0.585. The molecule has 2 rings (SSSR count). The van der Waals surface area contributed by atoms with E-state index in [9.17, 15) is 0 Å². The van der Waals surface area contributed by atoms with Crippen LogP contribution in [0.15, 0.2) is 0 Å². The molecule has 12 heavy (non-hydrogen) atoms. The van der Waals surface area contributed by atoms with E-state index in [-0.39, 0.29) is 5.82 Å². The average Bonchev–Trinajstić information content (AvgIpc) is 2.84. The van der Waals surface area contributed by atoms with Gasteiger partial charge >= 0.3 is 7.12 Å². The number of ether oxygens (including phenoxy) is 1. The van der Waals surface area contributed by atoms with Crippen LogP contribution in [-0.4, -0.2) is 30.4 Å². The molecule has 1 aliphatic heterocycles. The molecular formula is C8H15BO3. The van der Waals surface area contributed by atoms with Gasteiger partial charge in [0, 0.05) is 13.2 Å². The molecule has 1 aliphatic carbocycles. The molecule has 0 spiro atoms. The zero-order valence-electron chi connectivity index (χ0n) is 7.15. The lowest BCUT2D eigenvalue weighted by Crippen LogP contribution is -2.20. The maximum Gasteiger partial charge on any atom is 0.455 e. The molecule has 2 aliphatic rings. The maximum absolute atomic E-state index is 8.92. The minimum atomic E-state index is -1.09. The third-order valence-corrected chi connectivity index (χ3v) is 3.15. The SMILES string of the molecule is OB(O)C1CC1C1CCOCC1. The predicted molar refractivity (Wildman–Crippen MR) is 45.6 cm³/mol. The van der Waals surface area contributed by atoms with Gasteiger partial charge in [0.15, 0.2) is 0 Å². The van der Waals surface area contributed by atoms with Gasteiger partial charge in [0.1, 0.15) is 0 Å². The van der Waals surface area contributed by atoms with Crippen LogP contribution in [0.4, 0.5) is 0 Å². The third kappa shape index (κ3) is 1.65. The molecule has 2 unspecified atom stereocenters. The largest absolute Gasteiger partial charge is 0.455 e. The Bertz CT molecular complexity index is 156. The van der Waals surface area contributed by atoms with E-state index >= 15 is 0 Å². The van der Waals surface area contributed by atoms with Crippen LogP contribution in [0.25, 0.3) is 0 Å². The lowest BCUT2D eigenvalue weighted by molar-refractivity contribution is 0.0596. The molecule has 1 heterocycles.